The van der Waals surface area contributed by atoms with Gasteiger partial charge in [-0.25, -0.2) is 0 Å². The summed E-state index contributed by atoms with van der Waals surface area (Å²) < 4.78 is 10.9. The molecule has 1 N–H and O–H groups in total. The maximum atomic E-state index is 13.2. The zero-order valence-corrected chi connectivity index (χ0v) is 19.7. The van der Waals surface area contributed by atoms with E-state index in [1.165, 1.54) is 4.90 Å². The van der Waals surface area contributed by atoms with Gasteiger partial charge in [-0.05, 0) is 56.2 Å². The molecule has 0 aliphatic carbocycles. The first kappa shape index (κ1) is 24.8. The molecule has 8 heteroatoms. The SMILES string of the molecule is CC[C@H](C(=O)NC(C)C)N(Cc1cccc(OC)c1)C(=O)COc1ccc(Cl)cc1Cl. The molecule has 0 saturated heterocycles. The molecule has 2 amide bonds. The van der Waals surface area contributed by atoms with E-state index >= 15 is 0 Å². The molecule has 31 heavy (non-hydrogen) atoms. The average Bonchev–Trinajstić information content (AvgIpc) is 2.72. The van der Waals surface area contributed by atoms with E-state index in [1.807, 2.05) is 45.0 Å². The van der Waals surface area contributed by atoms with Crippen molar-refractivity contribution < 1.29 is 19.1 Å². The van der Waals surface area contributed by atoms with Gasteiger partial charge in [0.2, 0.25) is 5.91 Å². The number of carbonyl (C=O) groups excluding carboxylic acids is 2. The lowest BCUT2D eigenvalue weighted by molar-refractivity contribution is -0.143. The van der Waals surface area contributed by atoms with E-state index in [9.17, 15) is 9.59 Å². The Morgan fingerprint density at radius 3 is 2.48 bits per heavy atom. The molecule has 0 fully saturated rings. The van der Waals surface area contributed by atoms with Crippen molar-refractivity contribution >= 4 is 35.0 Å². The summed E-state index contributed by atoms with van der Waals surface area (Å²) in [6, 6.07) is 11.5. The van der Waals surface area contributed by atoms with Crippen molar-refractivity contribution in [2.75, 3.05) is 13.7 Å². The Bertz CT molecular complexity index is 905. The summed E-state index contributed by atoms with van der Waals surface area (Å²) in [6.45, 7) is 5.59. The van der Waals surface area contributed by atoms with Crippen LogP contribution < -0.4 is 14.8 Å². The van der Waals surface area contributed by atoms with Gasteiger partial charge in [-0.1, -0.05) is 42.3 Å². The van der Waals surface area contributed by atoms with Crippen LogP contribution in [0.15, 0.2) is 42.5 Å². The lowest BCUT2D eigenvalue weighted by Gasteiger charge is -2.31. The second kappa shape index (κ2) is 11.8. The molecule has 2 aromatic carbocycles. The maximum Gasteiger partial charge on any atom is 0.261 e. The van der Waals surface area contributed by atoms with Crippen molar-refractivity contribution in [3.8, 4) is 11.5 Å². The minimum Gasteiger partial charge on any atom is -0.497 e. The van der Waals surface area contributed by atoms with E-state index in [4.69, 9.17) is 32.7 Å². The molecule has 0 aliphatic rings. The predicted molar refractivity (Wildman–Crippen MR) is 123 cm³/mol. The molecule has 0 spiro atoms. The molecule has 0 aromatic heterocycles. The van der Waals surface area contributed by atoms with Gasteiger partial charge in [0, 0.05) is 17.6 Å². The molecule has 0 bridgehead atoms. The highest BCUT2D eigenvalue weighted by atomic mass is 35.5. The van der Waals surface area contributed by atoms with E-state index in [-0.39, 0.29) is 31.0 Å². The Kier molecular flexibility index (Phi) is 9.46. The monoisotopic (exact) mass is 466 g/mol. The second-order valence-electron chi connectivity index (χ2n) is 7.32. The first-order valence-corrected chi connectivity index (χ1v) is 10.8. The first-order valence-electron chi connectivity index (χ1n) is 10.1. The van der Waals surface area contributed by atoms with E-state index in [2.05, 4.69) is 5.32 Å². The van der Waals surface area contributed by atoms with Gasteiger partial charge in [-0.15, -0.1) is 0 Å². The molecule has 0 saturated carbocycles. The molecule has 0 unspecified atom stereocenters. The second-order valence-corrected chi connectivity index (χ2v) is 8.17. The number of methoxy groups -OCH3 is 1. The topological polar surface area (TPSA) is 67.9 Å². The Morgan fingerprint density at radius 2 is 1.87 bits per heavy atom. The van der Waals surface area contributed by atoms with Gasteiger partial charge in [0.15, 0.2) is 6.61 Å². The Labute approximate surface area is 193 Å². The van der Waals surface area contributed by atoms with Crippen LogP contribution >= 0.6 is 23.2 Å². The summed E-state index contributed by atoms with van der Waals surface area (Å²) in [4.78, 5) is 27.5. The number of halogens is 2. The quantitative estimate of drug-likeness (QED) is 0.550. The fourth-order valence-electron chi connectivity index (χ4n) is 3.08. The van der Waals surface area contributed by atoms with Gasteiger partial charge in [0.05, 0.1) is 12.1 Å². The van der Waals surface area contributed by atoms with E-state index in [0.29, 0.717) is 28.0 Å². The van der Waals surface area contributed by atoms with Crippen LogP contribution in [0.5, 0.6) is 11.5 Å². The zero-order valence-electron chi connectivity index (χ0n) is 18.2. The molecule has 0 heterocycles. The van der Waals surface area contributed by atoms with Crippen molar-refractivity contribution in [2.24, 2.45) is 0 Å². The number of benzene rings is 2. The van der Waals surface area contributed by atoms with Crippen LogP contribution in [0, 0.1) is 0 Å². The van der Waals surface area contributed by atoms with Gasteiger partial charge in [0.25, 0.3) is 5.91 Å². The van der Waals surface area contributed by atoms with Crippen molar-refractivity contribution in [2.45, 2.75) is 45.8 Å². The fourth-order valence-corrected chi connectivity index (χ4v) is 3.55. The third-order valence-electron chi connectivity index (χ3n) is 4.55. The number of nitrogens with zero attached hydrogens (tertiary/aromatic N) is 1. The zero-order chi connectivity index (χ0) is 23.0. The smallest absolute Gasteiger partial charge is 0.261 e. The molecular formula is C23H28Cl2N2O4. The minimum absolute atomic E-state index is 0.0422. The molecule has 168 valence electrons. The summed E-state index contributed by atoms with van der Waals surface area (Å²) in [5, 5.41) is 3.67. The molecule has 2 aromatic rings. The Morgan fingerprint density at radius 1 is 1.13 bits per heavy atom. The molecule has 6 nitrogen and oxygen atoms in total. The Balaban J connectivity index is 2.25. The number of rotatable bonds is 10. The van der Waals surface area contributed by atoms with Crippen LogP contribution in [-0.4, -0.2) is 42.5 Å². The van der Waals surface area contributed by atoms with Gasteiger partial charge in [-0.3, -0.25) is 9.59 Å². The Hall–Kier alpha value is -2.44. The van der Waals surface area contributed by atoms with E-state index in [1.54, 1.807) is 25.3 Å². The lowest BCUT2D eigenvalue weighted by atomic mass is 10.1. The van der Waals surface area contributed by atoms with Crippen LogP contribution in [0.3, 0.4) is 0 Å². The van der Waals surface area contributed by atoms with Crippen LogP contribution in [0.4, 0.5) is 0 Å². The van der Waals surface area contributed by atoms with Crippen molar-refractivity contribution in [3.63, 3.8) is 0 Å². The average molecular weight is 467 g/mol. The highest BCUT2D eigenvalue weighted by molar-refractivity contribution is 6.35. The minimum atomic E-state index is -0.648. The normalized spacial score (nSPS) is 11.7. The number of nitrogens with one attached hydrogen (secondary N) is 1. The fraction of sp³-hybridized carbons (Fsp3) is 0.391. The van der Waals surface area contributed by atoms with Crippen LogP contribution in [0.1, 0.15) is 32.8 Å². The highest BCUT2D eigenvalue weighted by Crippen LogP contribution is 2.27. The molecular weight excluding hydrogens is 439 g/mol. The first-order chi connectivity index (χ1) is 14.7. The van der Waals surface area contributed by atoms with Crippen LogP contribution in [-0.2, 0) is 16.1 Å². The summed E-state index contributed by atoms with van der Waals surface area (Å²) >= 11 is 12.1. The number of amides is 2. The molecule has 1 atom stereocenters. The predicted octanol–water partition coefficient (Wildman–Crippen LogP) is 4.71. The summed E-state index contributed by atoms with van der Waals surface area (Å²) in [6.07, 6.45) is 0.454. The standard InChI is InChI=1S/C23H28Cl2N2O4/c1-5-20(23(29)26-15(2)3)27(13-16-7-6-8-18(11-16)30-4)22(28)14-31-21-10-9-17(24)12-19(21)25/h6-12,15,20H,5,13-14H2,1-4H3,(H,26,29)/t20-/m1/s1. The van der Waals surface area contributed by atoms with Gasteiger partial charge < -0.3 is 19.7 Å². The van der Waals surface area contributed by atoms with Gasteiger partial charge >= 0.3 is 0 Å². The molecule has 0 aliphatic heterocycles. The number of carbonyl (C=O) groups is 2. The molecule has 2 rings (SSSR count). The maximum absolute atomic E-state index is 13.2. The highest BCUT2D eigenvalue weighted by Gasteiger charge is 2.29. The lowest BCUT2D eigenvalue weighted by Crippen LogP contribution is -2.51. The summed E-state index contributed by atoms with van der Waals surface area (Å²) in [5.74, 6) is 0.479. The van der Waals surface area contributed by atoms with Crippen molar-refractivity contribution in [3.05, 3.63) is 58.1 Å². The number of hydrogen-bond acceptors (Lipinski definition) is 4. The summed E-state index contributed by atoms with van der Waals surface area (Å²) in [7, 11) is 1.58. The van der Waals surface area contributed by atoms with Crippen LogP contribution in [0.2, 0.25) is 10.0 Å². The van der Waals surface area contributed by atoms with Gasteiger partial charge in [0.1, 0.15) is 17.5 Å². The third kappa shape index (κ3) is 7.33. The third-order valence-corrected chi connectivity index (χ3v) is 5.08. The van der Waals surface area contributed by atoms with Crippen molar-refractivity contribution in [1.29, 1.82) is 0 Å². The summed E-state index contributed by atoms with van der Waals surface area (Å²) in [5.41, 5.74) is 0.841. The number of ether oxygens (including phenoxy) is 2. The van der Waals surface area contributed by atoms with E-state index in [0.717, 1.165) is 5.56 Å². The van der Waals surface area contributed by atoms with Gasteiger partial charge in [-0.2, -0.15) is 0 Å². The van der Waals surface area contributed by atoms with Crippen molar-refractivity contribution in [1.82, 2.24) is 10.2 Å². The largest absolute Gasteiger partial charge is 0.497 e. The van der Waals surface area contributed by atoms with Crippen LogP contribution in [0.25, 0.3) is 0 Å². The molecule has 0 radical (unpaired) electrons. The van der Waals surface area contributed by atoms with E-state index < -0.39 is 6.04 Å². The number of hydrogen-bond donors (Lipinski definition) is 1.